The highest BCUT2D eigenvalue weighted by Crippen LogP contribution is 2.16. The van der Waals surface area contributed by atoms with E-state index in [0.717, 1.165) is 24.1 Å². The Balaban J connectivity index is 2.43. The van der Waals surface area contributed by atoms with E-state index in [1.165, 1.54) is 24.8 Å². The smallest absolute Gasteiger partial charge is 0.129 e. The fraction of sp³-hybridized carbons (Fsp3) is 0.571. The number of aryl methyl sites for hydroxylation is 3. The van der Waals surface area contributed by atoms with Crippen LogP contribution in [0.15, 0.2) is 12.1 Å². The molecule has 0 saturated carbocycles. The molecule has 0 amide bonds. The van der Waals surface area contributed by atoms with Crippen molar-refractivity contribution in [1.29, 1.82) is 0 Å². The van der Waals surface area contributed by atoms with E-state index in [9.17, 15) is 4.39 Å². The maximum atomic E-state index is 13.4. The molecule has 90 valence electrons. The van der Waals surface area contributed by atoms with Gasteiger partial charge in [-0.3, -0.25) is 0 Å². The maximum absolute atomic E-state index is 13.4. The molecule has 0 unspecified atom stereocenters. The minimum absolute atomic E-state index is 0.0565. The van der Waals surface area contributed by atoms with E-state index in [-0.39, 0.29) is 5.82 Å². The number of benzene rings is 1. The van der Waals surface area contributed by atoms with Crippen LogP contribution in [0.1, 0.15) is 36.0 Å². The number of hydrogen-bond donors (Lipinski definition) is 1. The van der Waals surface area contributed by atoms with Gasteiger partial charge < -0.3 is 5.32 Å². The molecular formula is C14H22FN. The van der Waals surface area contributed by atoms with Gasteiger partial charge in [0.1, 0.15) is 5.82 Å². The van der Waals surface area contributed by atoms with Crippen molar-refractivity contribution in [3.63, 3.8) is 0 Å². The molecule has 1 aromatic rings. The Morgan fingerprint density at radius 2 is 1.69 bits per heavy atom. The first-order valence-electron chi connectivity index (χ1n) is 6.05. The first kappa shape index (κ1) is 13.2. The van der Waals surface area contributed by atoms with E-state index in [0.29, 0.717) is 0 Å². The predicted molar refractivity (Wildman–Crippen MR) is 67.4 cm³/mol. The Hall–Kier alpha value is -0.890. The lowest BCUT2D eigenvalue weighted by Gasteiger charge is -2.06. The van der Waals surface area contributed by atoms with Crippen molar-refractivity contribution in [2.24, 2.45) is 0 Å². The molecule has 1 rings (SSSR count). The summed E-state index contributed by atoms with van der Waals surface area (Å²) in [6.45, 7) is 4.77. The molecule has 0 heterocycles. The minimum Gasteiger partial charge on any atom is -0.320 e. The Bertz CT molecular complexity index is 311. The number of halogens is 1. The summed E-state index contributed by atoms with van der Waals surface area (Å²) in [6, 6.07) is 3.95. The monoisotopic (exact) mass is 223 g/mol. The molecule has 0 radical (unpaired) electrons. The SMILES string of the molecule is CNCCCCCc1cc(C)c(F)c(C)c1. The molecule has 0 fully saturated rings. The van der Waals surface area contributed by atoms with Gasteiger partial charge in [0.15, 0.2) is 0 Å². The summed E-state index contributed by atoms with van der Waals surface area (Å²) in [5.41, 5.74) is 2.80. The van der Waals surface area contributed by atoms with Crippen LogP contribution in [0.2, 0.25) is 0 Å². The quantitative estimate of drug-likeness (QED) is 0.729. The van der Waals surface area contributed by atoms with Crippen LogP contribution in [0.5, 0.6) is 0 Å². The molecular weight excluding hydrogens is 201 g/mol. The van der Waals surface area contributed by atoms with E-state index >= 15 is 0 Å². The lowest BCUT2D eigenvalue weighted by molar-refractivity contribution is 0.606. The molecule has 2 heteroatoms. The van der Waals surface area contributed by atoms with Crippen LogP contribution in [-0.2, 0) is 6.42 Å². The third-order valence-corrected chi connectivity index (χ3v) is 2.89. The van der Waals surface area contributed by atoms with Crippen molar-refractivity contribution in [1.82, 2.24) is 5.32 Å². The summed E-state index contributed by atoms with van der Waals surface area (Å²) >= 11 is 0. The van der Waals surface area contributed by atoms with Gasteiger partial charge in [0.25, 0.3) is 0 Å². The highest BCUT2D eigenvalue weighted by atomic mass is 19.1. The van der Waals surface area contributed by atoms with E-state index in [1.807, 2.05) is 33.0 Å². The molecule has 0 aliphatic rings. The Labute approximate surface area is 98.1 Å². The Kier molecular flexibility index (Phi) is 5.47. The Morgan fingerprint density at radius 3 is 2.25 bits per heavy atom. The zero-order chi connectivity index (χ0) is 12.0. The van der Waals surface area contributed by atoms with Gasteiger partial charge in [0.2, 0.25) is 0 Å². The van der Waals surface area contributed by atoms with Crippen molar-refractivity contribution < 1.29 is 4.39 Å². The van der Waals surface area contributed by atoms with Gasteiger partial charge in [-0.05, 0) is 63.4 Å². The summed E-state index contributed by atoms with van der Waals surface area (Å²) in [5, 5.41) is 3.14. The van der Waals surface area contributed by atoms with E-state index in [1.54, 1.807) is 0 Å². The zero-order valence-electron chi connectivity index (χ0n) is 10.6. The van der Waals surface area contributed by atoms with Crippen LogP contribution < -0.4 is 5.32 Å². The average molecular weight is 223 g/mol. The molecule has 0 aromatic heterocycles. The summed E-state index contributed by atoms with van der Waals surface area (Å²) in [4.78, 5) is 0. The lowest BCUT2D eigenvalue weighted by atomic mass is 10.0. The van der Waals surface area contributed by atoms with Gasteiger partial charge in [-0.25, -0.2) is 4.39 Å². The van der Waals surface area contributed by atoms with Gasteiger partial charge in [-0.2, -0.15) is 0 Å². The molecule has 0 aliphatic heterocycles. The third kappa shape index (κ3) is 3.93. The van der Waals surface area contributed by atoms with Crippen LogP contribution in [0.4, 0.5) is 4.39 Å². The third-order valence-electron chi connectivity index (χ3n) is 2.89. The van der Waals surface area contributed by atoms with Crippen LogP contribution in [-0.4, -0.2) is 13.6 Å². The minimum atomic E-state index is -0.0565. The van der Waals surface area contributed by atoms with Crippen molar-refractivity contribution in [3.05, 3.63) is 34.6 Å². The summed E-state index contributed by atoms with van der Waals surface area (Å²) in [5.74, 6) is -0.0565. The highest BCUT2D eigenvalue weighted by molar-refractivity contribution is 5.30. The molecule has 1 N–H and O–H groups in total. The van der Waals surface area contributed by atoms with E-state index < -0.39 is 0 Å². The normalized spacial score (nSPS) is 10.8. The molecule has 1 aromatic carbocycles. The molecule has 0 saturated heterocycles. The van der Waals surface area contributed by atoms with Gasteiger partial charge in [0.05, 0.1) is 0 Å². The van der Waals surface area contributed by atoms with Gasteiger partial charge in [-0.1, -0.05) is 18.6 Å². The molecule has 0 spiro atoms. The van der Waals surface area contributed by atoms with E-state index in [4.69, 9.17) is 0 Å². The topological polar surface area (TPSA) is 12.0 Å². The number of rotatable bonds is 6. The number of nitrogens with one attached hydrogen (secondary N) is 1. The Morgan fingerprint density at radius 1 is 1.06 bits per heavy atom. The highest BCUT2D eigenvalue weighted by Gasteiger charge is 2.03. The first-order chi connectivity index (χ1) is 7.65. The average Bonchev–Trinajstić information content (AvgIpc) is 2.25. The van der Waals surface area contributed by atoms with Gasteiger partial charge in [0, 0.05) is 0 Å². The summed E-state index contributed by atoms with van der Waals surface area (Å²) in [7, 11) is 1.98. The zero-order valence-corrected chi connectivity index (χ0v) is 10.6. The molecule has 0 aliphatic carbocycles. The maximum Gasteiger partial charge on any atom is 0.129 e. The van der Waals surface area contributed by atoms with Crippen molar-refractivity contribution in [2.75, 3.05) is 13.6 Å². The molecule has 0 bridgehead atoms. The van der Waals surface area contributed by atoms with E-state index in [2.05, 4.69) is 5.32 Å². The number of hydrogen-bond acceptors (Lipinski definition) is 1. The number of unbranched alkanes of at least 4 members (excludes halogenated alkanes) is 2. The second-order valence-corrected chi connectivity index (χ2v) is 4.46. The molecule has 0 atom stereocenters. The van der Waals surface area contributed by atoms with Crippen molar-refractivity contribution in [3.8, 4) is 0 Å². The lowest BCUT2D eigenvalue weighted by Crippen LogP contribution is -2.07. The second kappa shape index (κ2) is 6.64. The second-order valence-electron chi connectivity index (χ2n) is 4.46. The fourth-order valence-corrected chi connectivity index (χ4v) is 1.99. The van der Waals surface area contributed by atoms with Gasteiger partial charge >= 0.3 is 0 Å². The van der Waals surface area contributed by atoms with Gasteiger partial charge in [-0.15, -0.1) is 0 Å². The summed E-state index contributed by atoms with van der Waals surface area (Å²) < 4.78 is 13.4. The first-order valence-corrected chi connectivity index (χ1v) is 6.05. The van der Waals surface area contributed by atoms with Crippen LogP contribution in [0.3, 0.4) is 0 Å². The van der Waals surface area contributed by atoms with Crippen LogP contribution >= 0.6 is 0 Å². The van der Waals surface area contributed by atoms with Crippen molar-refractivity contribution >= 4 is 0 Å². The predicted octanol–water partition coefficient (Wildman–Crippen LogP) is 3.37. The van der Waals surface area contributed by atoms with Crippen molar-refractivity contribution in [2.45, 2.75) is 39.5 Å². The van der Waals surface area contributed by atoms with Crippen LogP contribution in [0.25, 0.3) is 0 Å². The summed E-state index contributed by atoms with van der Waals surface area (Å²) in [6.07, 6.45) is 4.70. The standard InChI is InChI=1S/C14H22FN/c1-11-9-13(10-12(2)14(11)15)7-5-4-6-8-16-3/h9-10,16H,4-8H2,1-3H3. The molecule has 1 nitrogen and oxygen atoms in total. The van der Waals surface area contributed by atoms with Crippen LogP contribution in [0, 0.1) is 19.7 Å². The molecule has 16 heavy (non-hydrogen) atoms. The largest absolute Gasteiger partial charge is 0.320 e. The fourth-order valence-electron chi connectivity index (χ4n) is 1.99.